The van der Waals surface area contributed by atoms with Crippen LogP contribution in [0.25, 0.3) is 0 Å². The molecule has 1 heterocycles. The number of nitrogens with two attached hydrogens (primary N) is 1. The third-order valence-electron chi connectivity index (χ3n) is 2.96. The lowest BCUT2D eigenvalue weighted by atomic mass is 10.2. The van der Waals surface area contributed by atoms with E-state index in [1.807, 2.05) is 0 Å². The minimum Gasteiger partial charge on any atom is -0.339 e. The number of halogens is 2. The van der Waals surface area contributed by atoms with Crippen LogP contribution in [0.1, 0.15) is 17.4 Å². The molecule has 1 aromatic carbocycles. The van der Waals surface area contributed by atoms with E-state index in [2.05, 4.69) is 10.3 Å². The topological polar surface area (TPSA) is 71.2 Å². The van der Waals surface area contributed by atoms with Gasteiger partial charge in [-0.05, 0) is 24.3 Å². The first-order valence-corrected chi connectivity index (χ1v) is 8.52. The Bertz CT molecular complexity index is 758. The zero-order valence-electron chi connectivity index (χ0n) is 12.6. The number of Topliss-reactive ketones (excluding diaryl/α,β-unsaturated/α-hetero) is 1. The van der Waals surface area contributed by atoms with E-state index in [1.54, 1.807) is 24.3 Å². The highest BCUT2D eigenvalue weighted by Crippen LogP contribution is 2.23. The molecular weight excluding hydrogens is 371 g/mol. The standard InChI is InChI=1S/C15H14ClFN4OS2/c1-9(22)12-6-5-10(7-19-12)21(18)8-24-15(23)20-13-4-2-3-11(16)14(13)17/h2-7H,8,18H2,1H3,(H,20,23). The number of hydrogen-bond acceptors (Lipinski definition) is 6. The summed E-state index contributed by atoms with van der Waals surface area (Å²) in [5, 5.41) is 4.21. The van der Waals surface area contributed by atoms with E-state index in [0.717, 1.165) is 0 Å². The Morgan fingerprint density at radius 2 is 2.21 bits per heavy atom. The molecule has 126 valence electrons. The average Bonchev–Trinajstić information content (AvgIpc) is 2.57. The monoisotopic (exact) mass is 384 g/mol. The van der Waals surface area contributed by atoms with Gasteiger partial charge in [-0.2, -0.15) is 0 Å². The normalized spacial score (nSPS) is 10.3. The van der Waals surface area contributed by atoms with Crippen LogP contribution in [0.2, 0.25) is 5.02 Å². The number of hydrazine groups is 1. The first-order valence-electron chi connectivity index (χ1n) is 6.75. The van der Waals surface area contributed by atoms with Crippen LogP contribution >= 0.6 is 35.6 Å². The van der Waals surface area contributed by atoms with E-state index < -0.39 is 5.82 Å². The van der Waals surface area contributed by atoms with Gasteiger partial charge < -0.3 is 5.32 Å². The quantitative estimate of drug-likeness (QED) is 0.267. The van der Waals surface area contributed by atoms with Gasteiger partial charge in [-0.15, -0.1) is 0 Å². The van der Waals surface area contributed by atoms with Crippen molar-refractivity contribution in [3.8, 4) is 0 Å². The molecule has 0 aliphatic rings. The molecule has 0 amide bonds. The van der Waals surface area contributed by atoms with E-state index in [-0.39, 0.29) is 16.5 Å². The lowest BCUT2D eigenvalue weighted by molar-refractivity contribution is 0.101. The molecule has 0 unspecified atom stereocenters. The maximum atomic E-state index is 13.8. The first kappa shape index (κ1) is 18.6. The Morgan fingerprint density at radius 1 is 1.46 bits per heavy atom. The predicted octanol–water partition coefficient (Wildman–Crippen LogP) is 3.84. The zero-order valence-corrected chi connectivity index (χ0v) is 15.0. The van der Waals surface area contributed by atoms with Gasteiger partial charge in [0.05, 0.1) is 28.5 Å². The van der Waals surface area contributed by atoms with Crippen molar-refractivity contribution in [1.82, 2.24) is 4.98 Å². The summed E-state index contributed by atoms with van der Waals surface area (Å²) >= 11 is 12.1. The lowest BCUT2D eigenvalue weighted by Crippen LogP contribution is -2.31. The van der Waals surface area contributed by atoms with E-state index in [1.165, 1.54) is 36.0 Å². The van der Waals surface area contributed by atoms with Gasteiger partial charge in [-0.1, -0.05) is 41.6 Å². The van der Waals surface area contributed by atoms with Crippen molar-refractivity contribution >= 4 is 57.1 Å². The number of rotatable bonds is 5. The number of hydrogen-bond donors (Lipinski definition) is 2. The summed E-state index contributed by atoms with van der Waals surface area (Å²) < 4.78 is 14.1. The minimum atomic E-state index is -0.559. The third kappa shape index (κ3) is 4.88. The number of pyridine rings is 1. The number of benzene rings is 1. The molecular formula is C15H14ClFN4OS2. The van der Waals surface area contributed by atoms with Crippen molar-refractivity contribution < 1.29 is 9.18 Å². The molecule has 0 spiro atoms. The molecule has 0 aliphatic carbocycles. The second-order valence-corrected chi connectivity index (χ2v) is 6.74. The highest BCUT2D eigenvalue weighted by atomic mass is 35.5. The Kier molecular flexibility index (Phi) is 6.50. The Labute approximate surface area is 153 Å². The maximum Gasteiger partial charge on any atom is 0.178 e. The van der Waals surface area contributed by atoms with Gasteiger partial charge >= 0.3 is 0 Å². The number of aromatic nitrogens is 1. The summed E-state index contributed by atoms with van der Waals surface area (Å²) in [5.74, 6) is 5.56. The number of ketones is 1. The molecule has 0 bridgehead atoms. The summed E-state index contributed by atoms with van der Waals surface area (Å²) in [5.41, 5.74) is 1.20. The molecule has 1 aromatic heterocycles. The van der Waals surface area contributed by atoms with Crippen molar-refractivity contribution in [2.45, 2.75) is 6.92 Å². The third-order valence-corrected chi connectivity index (χ3v) is 4.48. The van der Waals surface area contributed by atoms with E-state index in [0.29, 0.717) is 21.6 Å². The molecule has 3 N–H and O–H groups in total. The predicted molar refractivity (Wildman–Crippen MR) is 101 cm³/mol. The molecule has 24 heavy (non-hydrogen) atoms. The van der Waals surface area contributed by atoms with Crippen molar-refractivity contribution in [3.05, 3.63) is 53.1 Å². The highest BCUT2D eigenvalue weighted by molar-refractivity contribution is 8.23. The van der Waals surface area contributed by atoms with Gasteiger partial charge in [0, 0.05) is 6.92 Å². The van der Waals surface area contributed by atoms with Crippen LogP contribution in [0.15, 0.2) is 36.5 Å². The number of thiocarbonyl (C=S) groups is 1. The van der Waals surface area contributed by atoms with E-state index >= 15 is 0 Å². The van der Waals surface area contributed by atoms with Gasteiger partial charge in [0.25, 0.3) is 0 Å². The highest BCUT2D eigenvalue weighted by Gasteiger charge is 2.10. The average molecular weight is 385 g/mol. The van der Waals surface area contributed by atoms with E-state index in [4.69, 9.17) is 29.7 Å². The second-order valence-electron chi connectivity index (χ2n) is 4.71. The van der Waals surface area contributed by atoms with Crippen LogP contribution in [0.5, 0.6) is 0 Å². The summed E-state index contributed by atoms with van der Waals surface area (Å²) in [6, 6.07) is 7.91. The molecule has 5 nitrogen and oxygen atoms in total. The Morgan fingerprint density at radius 3 is 2.83 bits per heavy atom. The van der Waals surface area contributed by atoms with Crippen LogP contribution in [0.4, 0.5) is 15.8 Å². The van der Waals surface area contributed by atoms with Gasteiger partial charge in [-0.25, -0.2) is 10.2 Å². The fraction of sp³-hybridized carbons (Fsp3) is 0.133. The fourth-order valence-corrected chi connectivity index (χ4v) is 2.74. The van der Waals surface area contributed by atoms with Crippen LogP contribution in [0, 0.1) is 5.82 Å². The van der Waals surface area contributed by atoms with Crippen molar-refractivity contribution in [2.75, 3.05) is 16.2 Å². The Balaban J connectivity index is 1.91. The van der Waals surface area contributed by atoms with Gasteiger partial charge in [0.1, 0.15) is 10.0 Å². The molecule has 0 atom stereocenters. The molecule has 2 aromatic rings. The number of nitrogens with one attached hydrogen (secondary N) is 1. The number of nitrogens with zero attached hydrogens (tertiary/aromatic N) is 2. The van der Waals surface area contributed by atoms with Crippen LogP contribution in [0.3, 0.4) is 0 Å². The number of carbonyl (C=O) groups is 1. The SMILES string of the molecule is CC(=O)c1ccc(N(N)CSC(=S)Nc2cccc(Cl)c2F)cn1. The first-order chi connectivity index (χ1) is 11.4. The van der Waals surface area contributed by atoms with Crippen LogP contribution in [-0.4, -0.2) is 21.0 Å². The number of thioether (sulfide) groups is 1. The number of carbonyl (C=O) groups excluding carboxylic acids is 1. The molecule has 2 rings (SSSR count). The summed E-state index contributed by atoms with van der Waals surface area (Å²) in [7, 11) is 0. The largest absolute Gasteiger partial charge is 0.339 e. The second kappa shape index (κ2) is 8.39. The summed E-state index contributed by atoms with van der Waals surface area (Å²) in [6.45, 7) is 1.44. The van der Waals surface area contributed by atoms with Crippen molar-refractivity contribution in [2.24, 2.45) is 5.84 Å². The van der Waals surface area contributed by atoms with Gasteiger partial charge in [0.15, 0.2) is 11.6 Å². The summed E-state index contributed by atoms with van der Waals surface area (Å²) in [6.07, 6.45) is 1.50. The summed E-state index contributed by atoms with van der Waals surface area (Å²) in [4.78, 5) is 15.2. The molecule has 0 aliphatic heterocycles. The van der Waals surface area contributed by atoms with E-state index in [9.17, 15) is 9.18 Å². The van der Waals surface area contributed by atoms with Gasteiger partial charge in [0.2, 0.25) is 0 Å². The molecule has 9 heteroatoms. The minimum absolute atomic E-state index is 0.0184. The Hall–Kier alpha value is -1.74. The number of anilines is 2. The molecule has 0 saturated carbocycles. The fourth-order valence-electron chi connectivity index (χ4n) is 1.71. The van der Waals surface area contributed by atoms with Gasteiger partial charge in [-0.3, -0.25) is 14.8 Å². The van der Waals surface area contributed by atoms with Crippen molar-refractivity contribution in [1.29, 1.82) is 0 Å². The lowest BCUT2D eigenvalue weighted by Gasteiger charge is -2.18. The zero-order chi connectivity index (χ0) is 17.7. The maximum absolute atomic E-state index is 13.8. The smallest absolute Gasteiger partial charge is 0.178 e. The molecule has 0 fully saturated rings. The molecule has 0 saturated heterocycles. The molecule has 0 radical (unpaired) electrons. The van der Waals surface area contributed by atoms with Crippen molar-refractivity contribution in [3.63, 3.8) is 0 Å². The van der Waals surface area contributed by atoms with Crippen LogP contribution in [-0.2, 0) is 0 Å². The van der Waals surface area contributed by atoms with Crippen LogP contribution < -0.4 is 16.2 Å².